The number of hydrogen-bond acceptors (Lipinski definition) is 3. The maximum atomic E-state index is 11.9. The van der Waals surface area contributed by atoms with Crippen molar-refractivity contribution in [1.29, 1.82) is 0 Å². The average molecular weight is 230 g/mol. The minimum Gasteiger partial charge on any atom is -0.480 e. The van der Waals surface area contributed by atoms with Gasteiger partial charge in [0.05, 0.1) is 5.88 Å². The van der Waals surface area contributed by atoms with E-state index in [9.17, 15) is 9.59 Å². The summed E-state index contributed by atoms with van der Waals surface area (Å²) in [7, 11) is 0. The number of carboxylic acid groups (broad SMARTS) is 1. The minimum absolute atomic E-state index is 0.107. The molecule has 5 nitrogen and oxygen atoms in total. The molecule has 84 valence electrons. The molecule has 2 heterocycles. The van der Waals surface area contributed by atoms with Crippen LogP contribution in [-0.4, -0.2) is 57.7 Å². The molecule has 2 saturated heterocycles. The molecule has 0 aromatic rings. The Morgan fingerprint density at radius 3 is 2.53 bits per heavy atom. The first kappa shape index (κ1) is 10.6. The third-order valence-corrected chi connectivity index (χ3v) is 3.80. The van der Waals surface area contributed by atoms with E-state index in [4.69, 9.17) is 5.11 Å². The van der Waals surface area contributed by atoms with Gasteiger partial charge in [0, 0.05) is 18.8 Å². The van der Waals surface area contributed by atoms with Gasteiger partial charge in [-0.2, -0.15) is 0 Å². The van der Waals surface area contributed by atoms with E-state index in [0.717, 1.165) is 25.9 Å². The van der Waals surface area contributed by atoms with E-state index in [1.165, 1.54) is 16.7 Å². The van der Waals surface area contributed by atoms with Gasteiger partial charge >= 0.3 is 12.0 Å². The molecule has 1 N–H and O–H groups in total. The highest BCUT2D eigenvalue weighted by Gasteiger charge is 2.37. The summed E-state index contributed by atoms with van der Waals surface area (Å²) in [6, 6.07) is -0.743. The molecule has 2 amide bonds. The largest absolute Gasteiger partial charge is 0.480 e. The van der Waals surface area contributed by atoms with Crippen LogP contribution in [0.25, 0.3) is 0 Å². The van der Waals surface area contributed by atoms with Gasteiger partial charge in [-0.1, -0.05) is 0 Å². The zero-order valence-corrected chi connectivity index (χ0v) is 9.20. The second-order valence-electron chi connectivity index (χ2n) is 3.80. The predicted molar refractivity (Wildman–Crippen MR) is 56.8 cm³/mol. The number of urea groups is 1. The Morgan fingerprint density at radius 2 is 1.93 bits per heavy atom. The fourth-order valence-electron chi connectivity index (χ4n) is 1.93. The molecule has 0 spiro atoms. The van der Waals surface area contributed by atoms with Gasteiger partial charge in [0.15, 0.2) is 0 Å². The van der Waals surface area contributed by atoms with Crippen LogP contribution >= 0.6 is 11.8 Å². The van der Waals surface area contributed by atoms with Crippen molar-refractivity contribution in [3.8, 4) is 0 Å². The van der Waals surface area contributed by atoms with E-state index in [2.05, 4.69) is 0 Å². The van der Waals surface area contributed by atoms with Crippen molar-refractivity contribution in [3.63, 3.8) is 0 Å². The highest BCUT2D eigenvalue weighted by Crippen LogP contribution is 2.23. The van der Waals surface area contributed by atoms with Gasteiger partial charge in [-0.3, -0.25) is 0 Å². The number of aliphatic carboxylic acids is 1. The minimum atomic E-state index is -0.896. The number of nitrogens with zero attached hydrogens (tertiary/aromatic N) is 2. The van der Waals surface area contributed by atoms with Crippen molar-refractivity contribution < 1.29 is 14.7 Å². The topological polar surface area (TPSA) is 60.9 Å². The van der Waals surface area contributed by atoms with Crippen molar-refractivity contribution >= 4 is 23.8 Å². The molecule has 0 saturated carbocycles. The molecule has 0 radical (unpaired) electrons. The Morgan fingerprint density at radius 1 is 1.27 bits per heavy atom. The van der Waals surface area contributed by atoms with Crippen LogP contribution < -0.4 is 0 Å². The summed E-state index contributed by atoms with van der Waals surface area (Å²) in [6.07, 6.45) is 2.06. The Balaban J connectivity index is 2.02. The predicted octanol–water partition coefficient (Wildman–Crippen LogP) is 0.662. The quantitative estimate of drug-likeness (QED) is 0.719. The summed E-state index contributed by atoms with van der Waals surface area (Å²) < 4.78 is 0. The number of rotatable bonds is 1. The molecule has 0 aliphatic carbocycles. The van der Waals surface area contributed by atoms with Crippen molar-refractivity contribution in [3.05, 3.63) is 0 Å². The van der Waals surface area contributed by atoms with E-state index < -0.39 is 12.0 Å². The van der Waals surface area contributed by atoms with E-state index >= 15 is 0 Å². The number of hydrogen-bond donors (Lipinski definition) is 1. The summed E-state index contributed by atoms with van der Waals surface area (Å²) in [5.74, 6) is 0.119. The molecule has 0 aromatic carbocycles. The molecular weight excluding hydrogens is 216 g/mol. The highest BCUT2D eigenvalue weighted by molar-refractivity contribution is 7.99. The number of amides is 2. The Hall–Kier alpha value is -0.910. The van der Waals surface area contributed by atoms with Crippen LogP contribution in [0.1, 0.15) is 12.8 Å². The highest BCUT2D eigenvalue weighted by atomic mass is 32.2. The van der Waals surface area contributed by atoms with Crippen molar-refractivity contribution in [2.45, 2.75) is 18.9 Å². The lowest BCUT2D eigenvalue weighted by atomic mass is 10.3. The van der Waals surface area contributed by atoms with Crippen LogP contribution in [0, 0.1) is 0 Å². The molecule has 1 atom stereocenters. The monoisotopic (exact) mass is 230 g/mol. The van der Waals surface area contributed by atoms with Crippen LogP contribution in [0.4, 0.5) is 4.79 Å². The standard InChI is InChI=1S/C9H14N2O3S/c12-8(13)7-5-15-6-11(7)9(14)10-3-1-2-4-10/h7H,1-6H2,(H,12,13). The second kappa shape index (κ2) is 4.30. The number of carboxylic acids is 1. The van der Waals surface area contributed by atoms with Crippen LogP contribution in [0.2, 0.25) is 0 Å². The fourth-order valence-corrected chi connectivity index (χ4v) is 3.06. The summed E-state index contributed by atoms with van der Waals surface area (Å²) in [4.78, 5) is 26.1. The normalized spacial score (nSPS) is 26.0. The van der Waals surface area contributed by atoms with Gasteiger partial charge < -0.3 is 14.9 Å². The van der Waals surface area contributed by atoms with Gasteiger partial charge in [0.1, 0.15) is 6.04 Å². The van der Waals surface area contributed by atoms with E-state index in [1.807, 2.05) is 0 Å². The molecule has 2 fully saturated rings. The zero-order valence-electron chi connectivity index (χ0n) is 8.39. The number of carbonyl (C=O) groups excluding carboxylic acids is 1. The van der Waals surface area contributed by atoms with Crippen molar-refractivity contribution in [2.75, 3.05) is 24.7 Å². The second-order valence-corrected chi connectivity index (χ2v) is 4.80. The molecule has 6 heteroatoms. The van der Waals surface area contributed by atoms with Gasteiger partial charge in [0.2, 0.25) is 0 Å². The average Bonchev–Trinajstić information content (AvgIpc) is 2.88. The fraction of sp³-hybridized carbons (Fsp3) is 0.778. The summed E-state index contributed by atoms with van der Waals surface area (Å²) in [5, 5.41) is 8.95. The molecule has 15 heavy (non-hydrogen) atoms. The Kier molecular flexibility index (Phi) is 3.04. The summed E-state index contributed by atoms with van der Waals surface area (Å²) in [6.45, 7) is 1.54. The van der Waals surface area contributed by atoms with Crippen LogP contribution in [0.15, 0.2) is 0 Å². The Bertz CT molecular complexity index is 279. The van der Waals surface area contributed by atoms with Gasteiger partial charge in [-0.05, 0) is 12.8 Å². The van der Waals surface area contributed by atoms with Crippen LogP contribution in [0.5, 0.6) is 0 Å². The zero-order chi connectivity index (χ0) is 10.8. The number of carbonyl (C=O) groups is 2. The number of likely N-dealkylation sites (tertiary alicyclic amines) is 1. The van der Waals surface area contributed by atoms with Gasteiger partial charge in [-0.25, -0.2) is 9.59 Å². The van der Waals surface area contributed by atoms with Gasteiger partial charge in [-0.15, -0.1) is 11.8 Å². The first-order valence-electron chi connectivity index (χ1n) is 5.06. The molecule has 0 bridgehead atoms. The lowest BCUT2D eigenvalue weighted by Gasteiger charge is -2.26. The third-order valence-electron chi connectivity index (χ3n) is 2.79. The smallest absolute Gasteiger partial charge is 0.327 e. The maximum Gasteiger partial charge on any atom is 0.327 e. The lowest BCUT2D eigenvalue weighted by Crippen LogP contribution is -2.47. The van der Waals surface area contributed by atoms with E-state index in [0.29, 0.717) is 11.6 Å². The maximum absolute atomic E-state index is 11.9. The van der Waals surface area contributed by atoms with Crippen molar-refractivity contribution in [2.24, 2.45) is 0 Å². The molecule has 2 aliphatic heterocycles. The first-order chi connectivity index (χ1) is 7.20. The third kappa shape index (κ3) is 2.04. The summed E-state index contributed by atoms with van der Waals surface area (Å²) in [5.41, 5.74) is 0. The van der Waals surface area contributed by atoms with Gasteiger partial charge in [0.25, 0.3) is 0 Å². The Labute approximate surface area is 92.4 Å². The van der Waals surface area contributed by atoms with E-state index in [-0.39, 0.29) is 6.03 Å². The SMILES string of the molecule is O=C(O)C1CSCN1C(=O)N1CCCC1. The van der Waals surface area contributed by atoms with Crippen LogP contribution in [-0.2, 0) is 4.79 Å². The summed E-state index contributed by atoms with van der Waals surface area (Å²) >= 11 is 1.50. The molecule has 1 unspecified atom stereocenters. The molecule has 2 aliphatic rings. The first-order valence-corrected chi connectivity index (χ1v) is 6.21. The molecule has 2 rings (SSSR count). The van der Waals surface area contributed by atoms with Crippen molar-refractivity contribution in [1.82, 2.24) is 9.80 Å². The number of thioether (sulfide) groups is 1. The lowest BCUT2D eigenvalue weighted by molar-refractivity contribution is -0.140. The molecular formula is C9H14N2O3S. The van der Waals surface area contributed by atoms with E-state index in [1.54, 1.807) is 4.90 Å². The molecule has 0 aromatic heterocycles. The van der Waals surface area contributed by atoms with Crippen LogP contribution in [0.3, 0.4) is 0 Å².